The summed E-state index contributed by atoms with van der Waals surface area (Å²) < 4.78 is 5.91. The highest BCUT2D eigenvalue weighted by Gasteiger charge is 2.28. The van der Waals surface area contributed by atoms with Crippen LogP contribution in [0.5, 0.6) is 0 Å². The smallest absolute Gasteiger partial charge is 0.286 e. The first-order valence-electron chi connectivity index (χ1n) is 10.4. The molecule has 1 fully saturated rings. The van der Waals surface area contributed by atoms with Crippen LogP contribution in [0, 0.1) is 0 Å². The normalized spacial score (nSPS) is 20.1. The molecule has 0 bridgehead atoms. The number of hydrogen-bond donors (Lipinski definition) is 4. The lowest BCUT2D eigenvalue weighted by Gasteiger charge is -2.26. The second-order valence-corrected chi connectivity index (χ2v) is 7.95. The number of carbonyl (C=O) groups excluding carboxylic acids is 2. The molecular formula is C23H27N3O4. The van der Waals surface area contributed by atoms with Crippen LogP contribution in [-0.2, 0) is 0 Å². The minimum absolute atomic E-state index is 0.00973. The lowest BCUT2D eigenvalue weighted by atomic mass is 9.91. The molecular weight excluding hydrogens is 382 g/mol. The molecule has 0 saturated heterocycles. The van der Waals surface area contributed by atoms with Gasteiger partial charge in [0.1, 0.15) is 5.76 Å². The van der Waals surface area contributed by atoms with Crippen molar-refractivity contribution in [3.05, 3.63) is 59.2 Å². The van der Waals surface area contributed by atoms with Gasteiger partial charge in [0.15, 0.2) is 5.76 Å². The summed E-state index contributed by atoms with van der Waals surface area (Å²) in [4.78, 5) is 28.5. The van der Waals surface area contributed by atoms with E-state index < -0.39 is 0 Å². The predicted octanol–water partition coefficient (Wildman–Crippen LogP) is 3.31. The fourth-order valence-corrected chi connectivity index (χ4v) is 4.25. The third-order valence-corrected chi connectivity index (χ3v) is 5.98. The third-order valence-electron chi connectivity index (χ3n) is 5.98. The summed E-state index contributed by atoms with van der Waals surface area (Å²) in [5.74, 6) is -0.265. The number of aromatic nitrogens is 1. The van der Waals surface area contributed by atoms with Crippen molar-refractivity contribution in [3.63, 3.8) is 0 Å². The molecule has 0 radical (unpaired) electrons. The molecule has 2 amide bonds. The van der Waals surface area contributed by atoms with Crippen LogP contribution in [0.3, 0.4) is 0 Å². The van der Waals surface area contributed by atoms with Crippen LogP contribution >= 0.6 is 0 Å². The molecule has 30 heavy (non-hydrogen) atoms. The first-order valence-corrected chi connectivity index (χ1v) is 10.4. The number of benzene rings is 1. The van der Waals surface area contributed by atoms with E-state index in [1.807, 2.05) is 37.4 Å². The van der Waals surface area contributed by atoms with E-state index in [0.29, 0.717) is 24.2 Å². The molecule has 0 spiro atoms. The van der Waals surface area contributed by atoms with Gasteiger partial charge in [-0.3, -0.25) is 9.59 Å². The minimum atomic E-state index is -0.372. The molecule has 7 heteroatoms. The lowest BCUT2D eigenvalue weighted by molar-refractivity contribution is 0.0864. The Balaban J connectivity index is 1.68. The molecule has 1 unspecified atom stereocenters. The maximum Gasteiger partial charge on any atom is 0.286 e. The van der Waals surface area contributed by atoms with E-state index in [1.54, 1.807) is 0 Å². The van der Waals surface area contributed by atoms with Crippen LogP contribution in [0.1, 0.15) is 70.8 Å². The number of nitrogens with one attached hydrogen (secondary N) is 3. The average Bonchev–Trinajstić information content (AvgIpc) is 3.41. The Hall–Kier alpha value is -3.06. The first-order chi connectivity index (χ1) is 14.5. The molecule has 4 rings (SSSR count). The van der Waals surface area contributed by atoms with Gasteiger partial charge in [-0.1, -0.05) is 19.1 Å². The van der Waals surface area contributed by atoms with Crippen LogP contribution in [-0.4, -0.2) is 41.1 Å². The maximum absolute atomic E-state index is 13.1. The third kappa shape index (κ3) is 3.85. The van der Waals surface area contributed by atoms with Crippen LogP contribution in [0.2, 0.25) is 0 Å². The van der Waals surface area contributed by atoms with Gasteiger partial charge in [-0.25, -0.2) is 0 Å². The lowest BCUT2D eigenvalue weighted by Crippen LogP contribution is -2.38. The number of fused-ring (bicyclic) bond motifs is 1. The largest absolute Gasteiger partial charge is 0.454 e. The van der Waals surface area contributed by atoms with Gasteiger partial charge in [0, 0.05) is 42.2 Å². The molecule has 1 atom stereocenters. The highest BCUT2D eigenvalue weighted by molar-refractivity contribution is 6.00. The topological polar surface area (TPSA) is 107 Å². The first kappa shape index (κ1) is 20.2. The summed E-state index contributed by atoms with van der Waals surface area (Å²) in [6.07, 6.45) is 4.42. The molecule has 3 aromatic rings. The summed E-state index contributed by atoms with van der Waals surface area (Å²) in [5.41, 5.74) is 2.39. The summed E-state index contributed by atoms with van der Waals surface area (Å²) in [6.45, 7) is 1.97. The Morgan fingerprint density at radius 2 is 1.93 bits per heavy atom. The van der Waals surface area contributed by atoms with Crippen LogP contribution in [0.4, 0.5) is 0 Å². The maximum atomic E-state index is 13.1. The van der Waals surface area contributed by atoms with Gasteiger partial charge < -0.3 is 25.1 Å². The van der Waals surface area contributed by atoms with Crippen molar-refractivity contribution in [2.75, 3.05) is 7.05 Å². The van der Waals surface area contributed by atoms with Crippen molar-refractivity contribution in [1.29, 1.82) is 0 Å². The van der Waals surface area contributed by atoms with Crippen LogP contribution in [0.15, 0.2) is 40.9 Å². The van der Waals surface area contributed by atoms with Crippen LogP contribution in [0.25, 0.3) is 10.9 Å². The molecule has 1 aliphatic carbocycles. The Labute approximate surface area is 174 Å². The van der Waals surface area contributed by atoms with E-state index >= 15 is 0 Å². The Morgan fingerprint density at radius 1 is 1.17 bits per heavy atom. The zero-order valence-electron chi connectivity index (χ0n) is 17.2. The molecule has 4 N–H and O–H groups in total. The Morgan fingerprint density at radius 3 is 2.67 bits per heavy atom. The van der Waals surface area contributed by atoms with E-state index in [9.17, 15) is 14.7 Å². The molecule has 158 valence electrons. The van der Waals surface area contributed by atoms with Crippen molar-refractivity contribution >= 4 is 22.7 Å². The van der Waals surface area contributed by atoms with Gasteiger partial charge in [0.2, 0.25) is 0 Å². The number of furan rings is 1. The monoisotopic (exact) mass is 409 g/mol. The van der Waals surface area contributed by atoms with E-state index in [2.05, 4.69) is 15.6 Å². The predicted molar refractivity (Wildman–Crippen MR) is 114 cm³/mol. The van der Waals surface area contributed by atoms with Crippen molar-refractivity contribution < 1.29 is 19.1 Å². The zero-order valence-corrected chi connectivity index (χ0v) is 17.2. The Bertz CT molecular complexity index is 1060. The van der Waals surface area contributed by atoms with E-state index in [4.69, 9.17) is 4.42 Å². The molecule has 2 heterocycles. The average molecular weight is 409 g/mol. The van der Waals surface area contributed by atoms with E-state index in [1.165, 1.54) is 13.1 Å². The van der Waals surface area contributed by atoms with Gasteiger partial charge in [0.25, 0.3) is 11.8 Å². The number of carbonyl (C=O) groups is 2. The van der Waals surface area contributed by atoms with E-state index in [0.717, 1.165) is 29.3 Å². The fourth-order valence-electron chi connectivity index (χ4n) is 4.25. The minimum Gasteiger partial charge on any atom is -0.454 e. The van der Waals surface area contributed by atoms with Gasteiger partial charge in [-0.15, -0.1) is 0 Å². The number of aliphatic hydroxyl groups is 1. The van der Waals surface area contributed by atoms with Crippen molar-refractivity contribution in [1.82, 2.24) is 15.6 Å². The standard InChI is InChI=1S/C23H27N3O4/c1-13(16-4-3-5-19-17(16)10-11-25-19)21-18(12-20(30-21)23(29)24-2)22(28)26-14-6-8-15(27)9-7-14/h3-5,10-15,25,27H,6-9H2,1-2H3,(H,24,29)(H,26,28)/t13?,14-,15-. The summed E-state index contributed by atoms with van der Waals surface area (Å²) >= 11 is 0. The van der Waals surface area contributed by atoms with E-state index in [-0.39, 0.29) is 35.6 Å². The Kier molecular flexibility index (Phi) is 5.63. The molecule has 1 aromatic carbocycles. The number of hydrogen-bond acceptors (Lipinski definition) is 4. The molecule has 2 aromatic heterocycles. The molecule has 0 aliphatic heterocycles. The number of aromatic amines is 1. The van der Waals surface area contributed by atoms with Crippen molar-refractivity contribution in [2.45, 2.75) is 50.7 Å². The summed E-state index contributed by atoms with van der Waals surface area (Å²) in [5, 5.41) is 16.4. The summed E-state index contributed by atoms with van der Waals surface area (Å²) in [6, 6.07) is 9.49. The van der Waals surface area contributed by atoms with Gasteiger partial charge in [0.05, 0.1) is 11.7 Å². The van der Waals surface area contributed by atoms with Crippen molar-refractivity contribution in [3.8, 4) is 0 Å². The second kappa shape index (κ2) is 8.36. The van der Waals surface area contributed by atoms with Gasteiger partial charge in [-0.2, -0.15) is 0 Å². The molecule has 1 aliphatic rings. The second-order valence-electron chi connectivity index (χ2n) is 7.95. The van der Waals surface area contributed by atoms with Gasteiger partial charge >= 0.3 is 0 Å². The van der Waals surface area contributed by atoms with Crippen LogP contribution < -0.4 is 10.6 Å². The SMILES string of the molecule is CNC(=O)c1cc(C(=O)N[C@H]2CC[C@H](O)CC2)c(C(C)c2cccc3[nH]ccc23)o1. The number of amides is 2. The highest BCUT2D eigenvalue weighted by atomic mass is 16.4. The molecule has 1 saturated carbocycles. The quantitative estimate of drug-likeness (QED) is 0.519. The summed E-state index contributed by atoms with van der Waals surface area (Å²) in [7, 11) is 1.53. The van der Waals surface area contributed by atoms with Crippen molar-refractivity contribution in [2.24, 2.45) is 0 Å². The molecule has 7 nitrogen and oxygen atoms in total. The number of H-pyrrole nitrogens is 1. The zero-order chi connectivity index (χ0) is 21.3. The van der Waals surface area contributed by atoms with Gasteiger partial charge in [-0.05, 0) is 43.4 Å². The fraction of sp³-hybridized carbons (Fsp3) is 0.391. The highest BCUT2D eigenvalue weighted by Crippen LogP contribution is 2.34. The number of aliphatic hydroxyl groups excluding tert-OH is 1. The number of rotatable bonds is 5.